The Morgan fingerprint density at radius 2 is 1.28 bits per heavy atom. The zero-order valence-corrected chi connectivity index (χ0v) is 21.5. The first-order valence-corrected chi connectivity index (χ1v) is 11.3. The first kappa shape index (κ1) is 22.5. The van der Waals surface area contributed by atoms with Gasteiger partial charge in [0, 0.05) is 12.0 Å². The van der Waals surface area contributed by atoms with Crippen LogP contribution in [0, 0.1) is 41.5 Å². The fraction of sp³-hybridized carbons (Fsp3) is 0.276. The van der Waals surface area contributed by atoms with Crippen LogP contribution in [0.2, 0.25) is 0 Å². The summed E-state index contributed by atoms with van der Waals surface area (Å²) in [5, 5.41) is 0. The summed E-state index contributed by atoms with van der Waals surface area (Å²) in [5.41, 5.74) is 16.1. The number of hydrogen-bond acceptors (Lipinski definition) is 0. The average molecular weight is 487 g/mol. The quantitative estimate of drug-likeness (QED) is 0.384. The second-order valence-electron chi connectivity index (χ2n) is 9.30. The van der Waals surface area contributed by atoms with Crippen molar-refractivity contribution in [1.29, 1.82) is 0 Å². The van der Waals surface area contributed by atoms with Crippen LogP contribution in [0.25, 0.3) is 22.6 Å². The molecule has 0 saturated carbocycles. The highest BCUT2D eigenvalue weighted by Gasteiger charge is 2.33. The fourth-order valence-electron chi connectivity index (χ4n) is 5.71. The predicted molar refractivity (Wildman–Crippen MR) is 129 cm³/mol. The molecule has 0 radical (unpaired) electrons. The van der Waals surface area contributed by atoms with E-state index in [1.807, 2.05) is 0 Å². The molecule has 0 atom stereocenters. The van der Waals surface area contributed by atoms with E-state index in [-0.39, 0.29) is 17.0 Å². The maximum absolute atomic E-state index is 2.47. The molecule has 0 N–H and O–H groups in total. The lowest BCUT2D eigenvalue weighted by Gasteiger charge is -2.17. The van der Waals surface area contributed by atoms with Gasteiger partial charge in [0.2, 0.25) is 0 Å². The lowest BCUT2D eigenvalue weighted by atomic mass is 9.91. The topological polar surface area (TPSA) is 8.81 Å². The van der Waals surface area contributed by atoms with E-state index in [0.29, 0.717) is 0 Å². The van der Waals surface area contributed by atoms with Gasteiger partial charge in [0.05, 0.1) is 0 Å². The van der Waals surface area contributed by atoms with Gasteiger partial charge in [-0.25, -0.2) is 0 Å². The Morgan fingerprint density at radius 1 is 0.719 bits per heavy atom. The number of imidazole rings is 1. The van der Waals surface area contributed by atoms with Crippen LogP contribution in [0.15, 0.2) is 54.9 Å². The Kier molecular flexibility index (Phi) is 5.89. The number of nitrogens with zero attached hydrogens (tertiary/aromatic N) is 2. The van der Waals surface area contributed by atoms with Crippen LogP contribution in [0.4, 0.5) is 0 Å². The van der Waals surface area contributed by atoms with Gasteiger partial charge in [0.25, 0.3) is 6.33 Å². The smallest absolute Gasteiger partial charge is 0.254 e. The molecule has 3 aromatic carbocycles. The molecule has 1 aromatic heterocycles. The van der Waals surface area contributed by atoms with Gasteiger partial charge in [-0.15, -0.1) is 0 Å². The third-order valence-electron chi connectivity index (χ3n) is 6.69. The Bertz CT molecular complexity index is 1300. The van der Waals surface area contributed by atoms with Gasteiger partial charge in [0.1, 0.15) is 11.4 Å². The molecule has 3 heteroatoms. The molecule has 0 spiro atoms. The lowest BCUT2D eigenvalue weighted by molar-refractivity contribution is -0.584. The highest BCUT2D eigenvalue weighted by molar-refractivity contribution is 5.68. The normalized spacial score (nSPS) is 12.2. The van der Waals surface area contributed by atoms with E-state index in [0.717, 1.165) is 12.8 Å². The first-order valence-electron chi connectivity index (χ1n) is 11.3. The molecule has 4 aromatic rings. The third-order valence-corrected chi connectivity index (χ3v) is 6.69. The maximum Gasteiger partial charge on any atom is 0.254 e. The molecule has 32 heavy (non-hydrogen) atoms. The van der Waals surface area contributed by atoms with Crippen LogP contribution < -0.4 is 21.5 Å². The van der Waals surface area contributed by atoms with Crippen LogP contribution in [0.5, 0.6) is 0 Å². The number of fused-ring (bicyclic) bond motifs is 3. The van der Waals surface area contributed by atoms with Crippen LogP contribution in [0.3, 0.4) is 0 Å². The summed E-state index contributed by atoms with van der Waals surface area (Å²) in [6, 6.07) is 18.1. The summed E-state index contributed by atoms with van der Waals surface area (Å²) in [6.07, 6.45) is 4.47. The number of rotatable bonds is 2. The van der Waals surface area contributed by atoms with Gasteiger partial charge in [-0.2, -0.15) is 9.13 Å². The minimum atomic E-state index is 0. The third kappa shape index (κ3) is 3.53. The first-order chi connectivity index (χ1) is 14.8. The molecule has 0 saturated heterocycles. The number of aromatic nitrogens is 2. The second-order valence-corrected chi connectivity index (χ2v) is 9.30. The van der Waals surface area contributed by atoms with Crippen molar-refractivity contribution in [3.8, 4) is 22.6 Å². The maximum atomic E-state index is 2.47. The number of halogens is 1. The van der Waals surface area contributed by atoms with Crippen LogP contribution in [-0.2, 0) is 12.8 Å². The zero-order chi connectivity index (χ0) is 21.9. The van der Waals surface area contributed by atoms with Crippen molar-refractivity contribution >= 4 is 0 Å². The van der Waals surface area contributed by atoms with Crippen molar-refractivity contribution in [1.82, 2.24) is 4.57 Å². The molecule has 0 aliphatic heterocycles. The number of aryl methyl sites for hydroxylation is 7. The van der Waals surface area contributed by atoms with E-state index in [1.54, 1.807) is 0 Å². The van der Waals surface area contributed by atoms with E-state index in [4.69, 9.17) is 0 Å². The highest BCUT2D eigenvalue weighted by atomic mass is 79.9. The Morgan fingerprint density at radius 3 is 1.91 bits per heavy atom. The molecule has 0 amide bonds. The number of hydrogen-bond donors (Lipinski definition) is 0. The van der Waals surface area contributed by atoms with Crippen molar-refractivity contribution < 1.29 is 21.5 Å². The molecule has 1 aliphatic rings. The fourth-order valence-corrected chi connectivity index (χ4v) is 5.71. The van der Waals surface area contributed by atoms with Crippen LogP contribution in [0.1, 0.15) is 44.6 Å². The summed E-state index contributed by atoms with van der Waals surface area (Å²) in [6.45, 7) is 13.3. The SMILES string of the molecule is Cc1cc(C)c(-n2c[n+](-c3c(C)cc(C)cc3C)c3c2CCc2ccccc2-3)c(C)c1.[Br-]. The summed E-state index contributed by atoms with van der Waals surface area (Å²) >= 11 is 0. The molecule has 0 fully saturated rings. The molecule has 1 aliphatic carbocycles. The van der Waals surface area contributed by atoms with Crippen molar-refractivity contribution in [2.45, 2.75) is 54.4 Å². The number of benzene rings is 3. The van der Waals surface area contributed by atoms with Crippen molar-refractivity contribution in [3.05, 3.63) is 99.5 Å². The summed E-state index contributed by atoms with van der Waals surface area (Å²) in [4.78, 5) is 0. The van der Waals surface area contributed by atoms with E-state index >= 15 is 0 Å². The monoisotopic (exact) mass is 486 g/mol. The standard InChI is InChI=1S/C29H31N2.BrH/c1-18-13-20(3)27(21(4)14-18)30-17-31(28-22(5)15-19(2)16-23(28)6)29-25-10-8-7-9-24(25)11-12-26(29)30;/h7-10,13-17H,11-12H2,1-6H3;1H/q+1;/p-1. The van der Waals surface area contributed by atoms with Gasteiger partial charge in [0.15, 0.2) is 11.4 Å². The molecular formula is C29H31BrN2. The molecule has 1 heterocycles. The molecule has 2 nitrogen and oxygen atoms in total. The van der Waals surface area contributed by atoms with Crippen molar-refractivity contribution in [2.75, 3.05) is 0 Å². The van der Waals surface area contributed by atoms with Gasteiger partial charge in [-0.3, -0.25) is 0 Å². The van der Waals surface area contributed by atoms with Gasteiger partial charge in [-0.05, 0) is 75.8 Å². The molecule has 0 unspecified atom stereocenters. The minimum Gasteiger partial charge on any atom is -1.00 e. The van der Waals surface area contributed by atoms with Crippen molar-refractivity contribution in [2.24, 2.45) is 0 Å². The summed E-state index contributed by atoms with van der Waals surface area (Å²) in [7, 11) is 0. The van der Waals surface area contributed by atoms with Gasteiger partial charge in [-0.1, -0.05) is 59.7 Å². The summed E-state index contributed by atoms with van der Waals surface area (Å²) in [5.74, 6) is 0. The Hall–Kier alpha value is -2.65. The van der Waals surface area contributed by atoms with E-state index < -0.39 is 0 Å². The van der Waals surface area contributed by atoms with E-state index in [2.05, 4.69) is 106 Å². The predicted octanol–water partition coefficient (Wildman–Crippen LogP) is 3.37. The van der Waals surface area contributed by atoms with Crippen LogP contribution in [-0.4, -0.2) is 4.57 Å². The lowest BCUT2D eigenvalue weighted by Crippen LogP contribution is -3.00. The van der Waals surface area contributed by atoms with E-state index in [1.165, 1.54) is 67.3 Å². The molecule has 5 rings (SSSR count). The Labute approximate surface area is 202 Å². The largest absolute Gasteiger partial charge is 1.00 e. The average Bonchev–Trinajstić information content (AvgIpc) is 3.06. The Balaban J connectivity index is 0.00000245. The highest BCUT2D eigenvalue weighted by Crippen LogP contribution is 2.35. The summed E-state index contributed by atoms with van der Waals surface area (Å²) < 4.78 is 4.92. The molecule has 0 bridgehead atoms. The van der Waals surface area contributed by atoms with E-state index in [9.17, 15) is 0 Å². The van der Waals surface area contributed by atoms with Gasteiger partial charge >= 0.3 is 0 Å². The van der Waals surface area contributed by atoms with Crippen LogP contribution >= 0.6 is 0 Å². The zero-order valence-electron chi connectivity index (χ0n) is 19.9. The molecule has 164 valence electrons. The van der Waals surface area contributed by atoms with Gasteiger partial charge < -0.3 is 17.0 Å². The second kappa shape index (κ2) is 8.37. The molecular weight excluding hydrogens is 456 g/mol. The minimum absolute atomic E-state index is 0. The van der Waals surface area contributed by atoms with Crippen molar-refractivity contribution in [3.63, 3.8) is 0 Å².